The second-order valence-electron chi connectivity index (χ2n) is 7.62. The minimum Gasteiger partial charge on any atom is -0.494 e. The van der Waals surface area contributed by atoms with Gasteiger partial charge in [-0.3, -0.25) is 4.57 Å². The molecule has 3 aromatic carbocycles. The maximum Gasteiger partial charge on any atom is 0.247 e. The van der Waals surface area contributed by atoms with Crippen LogP contribution in [-0.4, -0.2) is 31.6 Å². The summed E-state index contributed by atoms with van der Waals surface area (Å²) in [6, 6.07) is 23.6. The van der Waals surface area contributed by atoms with Gasteiger partial charge < -0.3 is 9.15 Å². The molecule has 5 rings (SSSR count). The highest BCUT2D eigenvalue weighted by molar-refractivity contribution is 7.99. The Balaban J connectivity index is 1.49. The lowest BCUT2D eigenvalue weighted by Gasteiger charge is -2.13. The van der Waals surface area contributed by atoms with E-state index in [1.165, 1.54) is 17.8 Å². The molecule has 0 aliphatic heterocycles. The molecule has 0 amide bonds. The number of rotatable bonds is 8. The highest BCUT2D eigenvalue weighted by atomic mass is 32.2. The summed E-state index contributed by atoms with van der Waals surface area (Å²) < 4.78 is 28.1. The third-order valence-electron chi connectivity index (χ3n) is 5.24. The Morgan fingerprint density at radius 3 is 2.37 bits per heavy atom. The molecule has 35 heavy (non-hydrogen) atoms. The topological polar surface area (TPSA) is 78.9 Å². The monoisotopic (exact) mass is 487 g/mol. The largest absolute Gasteiger partial charge is 0.494 e. The third-order valence-corrected chi connectivity index (χ3v) is 6.27. The van der Waals surface area contributed by atoms with Crippen molar-refractivity contribution in [2.45, 2.75) is 24.3 Å². The van der Waals surface area contributed by atoms with Gasteiger partial charge in [0.25, 0.3) is 0 Å². The summed E-state index contributed by atoms with van der Waals surface area (Å²) in [6.45, 7) is 4.44. The standard InChI is InChI=1S/C26H22FN5O2S/c1-3-33-20-15-13-18(14-16-20)23-28-31-26(32(23)22-12-8-7-11-21(22)27)35-17(2)24-29-30-25(34-24)19-9-5-4-6-10-19/h4-17H,3H2,1-2H3. The third kappa shape index (κ3) is 4.81. The number of para-hydroxylation sites is 1. The molecule has 5 aromatic rings. The van der Waals surface area contributed by atoms with E-state index in [0.717, 1.165) is 16.9 Å². The number of ether oxygens (including phenoxy) is 1. The molecule has 9 heteroatoms. The Labute approximate surface area is 206 Å². The average molecular weight is 488 g/mol. The van der Waals surface area contributed by atoms with Crippen LogP contribution >= 0.6 is 11.8 Å². The first-order valence-electron chi connectivity index (χ1n) is 11.1. The summed E-state index contributed by atoms with van der Waals surface area (Å²) >= 11 is 1.36. The first-order valence-corrected chi connectivity index (χ1v) is 12.0. The van der Waals surface area contributed by atoms with Crippen LogP contribution in [0, 0.1) is 5.82 Å². The van der Waals surface area contributed by atoms with E-state index in [0.29, 0.717) is 35.1 Å². The van der Waals surface area contributed by atoms with E-state index in [4.69, 9.17) is 9.15 Å². The van der Waals surface area contributed by atoms with Crippen molar-refractivity contribution in [3.05, 3.63) is 90.6 Å². The molecular weight excluding hydrogens is 465 g/mol. The van der Waals surface area contributed by atoms with Gasteiger partial charge in [0.05, 0.1) is 17.5 Å². The molecule has 0 N–H and O–H groups in total. The van der Waals surface area contributed by atoms with Gasteiger partial charge in [0.1, 0.15) is 11.6 Å². The summed E-state index contributed by atoms with van der Waals surface area (Å²) in [6.07, 6.45) is 0. The Morgan fingerprint density at radius 2 is 1.63 bits per heavy atom. The summed E-state index contributed by atoms with van der Waals surface area (Å²) in [5.41, 5.74) is 1.98. The number of halogens is 1. The summed E-state index contributed by atoms with van der Waals surface area (Å²) in [7, 11) is 0. The van der Waals surface area contributed by atoms with Gasteiger partial charge in [-0.05, 0) is 62.4 Å². The molecule has 1 atom stereocenters. The normalized spacial score (nSPS) is 12.0. The van der Waals surface area contributed by atoms with E-state index in [-0.39, 0.29) is 11.1 Å². The molecule has 0 saturated heterocycles. The predicted octanol–water partition coefficient (Wildman–Crippen LogP) is 6.38. The van der Waals surface area contributed by atoms with Crippen LogP contribution in [-0.2, 0) is 0 Å². The number of aromatic nitrogens is 5. The fraction of sp³-hybridized carbons (Fsp3) is 0.154. The van der Waals surface area contributed by atoms with Gasteiger partial charge >= 0.3 is 0 Å². The van der Waals surface area contributed by atoms with E-state index < -0.39 is 0 Å². The highest BCUT2D eigenvalue weighted by Crippen LogP contribution is 2.37. The second-order valence-corrected chi connectivity index (χ2v) is 8.93. The maximum atomic E-state index is 14.9. The van der Waals surface area contributed by atoms with Crippen molar-refractivity contribution in [2.24, 2.45) is 0 Å². The van der Waals surface area contributed by atoms with Crippen molar-refractivity contribution in [3.8, 4) is 34.3 Å². The average Bonchev–Trinajstić information content (AvgIpc) is 3.54. The number of hydrogen-bond acceptors (Lipinski definition) is 7. The Hall–Kier alpha value is -3.98. The molecule has 7 nitrogen and oxygen atoms in total. The maximum absolute atomic E-state index is 14.9. The Bertz CT molecular complexity index is 1420. The molecular formula is C26H22FN5O2S. The minimum atomic E-state index is -0.377. The zero-order chi connectivity index (χ0) is 24.2. The fourth-order valence-corrected chi connectivity index (χ4v) is 4.45. The van der Waals surface area contributed by atoms with Crippen molar-refractivity contribution in [2.75, 3.05) is 6.61 Å². The first kappa shape index (κ1) is 22.8. The smallest absolute Gasteiger partial charge is 0.247 e. The van der Waals surface area contributed by atoms with Crippen LogP contribution < -0.4 is 4.74 Å². The lowest BCUT2D eigenvalue weighted by molar-refractivity contribution is 0.340. The van der Waals surface area contributed by atoms with Crippen molar-refractivity contribution < 1.29 is 13.5 Å². The molecule has 0 radical (unpaired) electrons. The van der Waals surface area contributed by atoms with Crippen molar-refractivity contribution in [1.82, 2.24) is 25.0 Å². The second kappa shape index (κ2) is 10.1. The van der Waals surface area contributed by atoms with Crippen LogP contribution in [0.3, 0.4) is 0 Å². The summed E-state index contributed by atoms with van der Waals surface area (Å²) in [5.74, 6) is 1.78. The van der Waals surface area contributed by atoms with E-state index >= 15 is 0 Å². The molecule has 0 aliphatic rings. The van der Waals surface area contributed by atoms with Gasteiger partial charge in [0.2, 0.25) is 11.8 Å². The van der Waals surface area contributed by atoms with Crippen LogP contribution in [0.1, 0.15) is 25.0 Å². The van der Waals surface area contributed by atoms with Crippen molar-refractivity contribution >= 4 is 11.8 Å². The summed E-state index contributed by atoms with van der Waals surface area (Å²) in [4.78, 5) is 0. The van der Waals surface area contributed by atoms with E-state index in [9.17, 15) is 4.39 Å². The van der Waals surface area contributed by atoms with E-state index in [1.807, 2.05) is 68.4 Å². The minimum absolute atomic E-state index is 0.247. The van der Waals surface area contributed by atoms with E-state index in [2.05, 4.69) is 20.4 Å². The van der Waals surface area contributed by atoms with Gasteiger partial charge in [-0.25, -0.2) is 4.39 Å². The van der Waals surface area contributed by atoms with Crippen LogP contribution in [0.4, 0.5) is 4.39 Å². The molecule has 0 saturated carbocycles. The quantitative estimate of drug-likeness (QED) is 0.235. The molecule has 0 fully saturated rings. The van der Waals surface area contributed by atoms with Gasteiger partial charge in [-0.15, -0.1) is 20.4 Å². The molecule has 0 bridgehead atoms. The van der Waals surface area contributed by atoms with Gasteiger partial charge in [-0.2, -0.15) is 0 Å². The van der Waals surface area contributed by atoms with E-state index in [1.54, 1.807) is 22.8 Å². The molecule has 176 valence electrons. The van der Waals surface area contributed by atoms with Gasteiger partial charge in [0, 0.05) is 11.1 Å². The zero-order valence-electron chi connectivity index (χ0n) is 19.1. The number of hydrogen-bond donors (Lipinski definition) is 0. The number of benzene rings is 3. The molecule has 0 aliphatic carbocycles. The van der Waals surface area contributed by atoms with Crippen LogP contribution in [0.2, 0.25) is 0 Å². The number of nitrogens with zero attached hydrogens (tertiary/aromatic N) is 5. The molecule has 2 heterocycles. The van der Waals surface area contributed by atoms with Crippen molar-refractivity contribution in [1.29, 1.82) is 0 Å². The van der Waals surface area contributed by atoms with Crippen LogP contribution in [0.5, 0.6) is 5.75 Å². The molecule has 2 aromatic heterocycles. The number of thioether (sulfide) groups is 1. The summed E-state index contributed by atoms with van der Waals surface area (Å²) in [5, 5.41) is 17.4. The predicted molar refractivity (Wildman–Crippen MR) is 132 cm³/mol. The first-order chi connectivity index (χ1) is 17.1. The van der Waals surface area contributed by atoms with Crippen LogP contribution in [0.25, 0.3) is 28.5 Å². The lowest BCUT2D eigenvalue weighted by Crippen LogP contribution is -2.03. The van der Waals surface area contributed by atoms with Crippen molar-refractivity contribution in [3.63, 3.8) is 0 Å². The fourth-order valence-electron chi connectivity index (χ4n) is 3.56. The molecule has 0 spiro atoms. The Morgan fingerprint density at radius 1 is 0.886 bits per heavy atom. The van der Waals surface area contributed by atoms with Gasteiger partial charge in [-0.1, -0.05) is 42.1 Å². The highest BCUT2D eigenvalue weighted by Gasteiger charge is 2.23. The lowest BCUT2D eigenvalue weighted by atomic mass is 10.2. The SMILES string of the molecule is CCOc1ccc(-c2nnc(SC(C)c3nnc(-c4ccccc4)o3)n2-c2ccccc2F)cc1. The zero-order valence-corrected chi connectivity index (χ0v) is 19.9. The van der Waals surface area contributed by atoms with Gasteiger partial charge in [0.15, 0.2) is 11.0 Å². The molecule has 1 unspecified atom stereocenters. The Kier molecular flexibility index (Phi) is 6.58. The van der Waals surface area contributed by atoms with Crippen LogP contribution in [0.15, 0.2) is 88.4 Å².